The van der Waals surface area contributed by atoms with Crippen LogP contribution in [0.1, 0.15) is 17.9 Å². The Kier molecular flexibility index (Phi) is 4.42. The second kappa shape index (κ2) is 7.03. The first kappa shape index (κ1) is 17.0. The number of nitrogens with zero attached hydrogens (tertiary/aromatic N) is 1. The van der Waals surface area contributed by atoms with Crippen LogP contribution in [0, 0.1) is 0 Å². The molecule has 0 saturated carbocycles. The maximum atomic E-state index is 11.4. The molecule has 0 aliphatic carbocycles. The zero-order chi connectivity index (χ0) is 18.8. The number of fused-ring (bicyclic) bond motifs is 2. The molecule has 138 valence electrons. The Morgan fingerprint density at radius 1 is 1.26 bits per heavy atom. The molecule has 0 amide bonds. The van der Waals surface area contributed by atoms with Gasteiger partial charge in [-0.1, -0.05) is 12.1 Å². The van der Waals surface area contributed by atoms with Crippen molar-refractivity contribution in [2.45, 2.75) is 6.42 Å². The van der Waals surface area contributed by atoms with Crippen LogP contribution in [0.4, 0.5) is 0 Å². The fourth-order valence-electron chi connectivity index (χ4n) is 2.94. The molecule has 1 aliphatic rings. The minimum atomic E-state index is -0.979. The summed E-state index contributed by atoms with van der Waals surface area (Å²) in [5, 5.41) is 9.31. The summed E-state index contributed by atoms with van der Waals surface area (Å²) in [4.78, 5) is 15.8. The van der Waals surface area contributed by atoms with Gasteiger partial charge in [-0.05, 0) is 35.9 Å². The topological polar surface area (TPSA) is 91.0 Å². The van der Waals surface area contributed by atoms with Gasteiger partial charge >= 0.3 is 5.97 Å². The lowest BCUT2D eigenvalue weighted by Gasteiger charge is -2.21. The number of ether oxygens (including phenoxy) is 3. The quantitative estimate of drug-likeness (QED) is 0.736. The van der Waals surface area contributed by atoms with E-state index in [1.807, 2.05) is 18.2 Å². The number of oxazole rings is 1. The summed E-state index contributed by atoms with van der Waals surface area (Å²) >= 11 is 0. The number of methoxy groups -OCH3 is 1. The highest BCUT2D eigenvalue weighted by Gasteiger charge is 2.19. The molecule has 0 spiro atoms. The summed E-state index contributed by atoms with van der Waals surface area (Å²) in [6, 6.07) is 10.8. The summed E-state index contributed by atoms with van der Waals surface area (Å²) in [5.41, 5.74) is 2.42. The molecule has 2 heterocycles. The Balaban J connectivity index is 1.80. The third kappa shape index (κ3) is 3.44. The molecule has 0 unspecified atom stereocenters. The van der Waals surface area contributed by atoms with Crippen molar-refractivity contribution < 1.29 is 28.5 Å². The van der Waals surface area contributed by atoms with Crippen LogP contribution in [0.25, 0.3) is 22.7 Å². The molecule has 1 N–H and O–H groups in total. The lowest BCUT2D eigenvalue weighted by atomic mass is 10.1. The minimum Gasteiger partial charge on any atom is -0.493 e. The van der Waals surface area contributed by atoms with Crippen LogP contribution in [0.15, 0.2) is 40.8 Å². The van der Waals surface area contributed by atoms with Gasteiger partial charge in [0.2, 0.25) is 11.6 Å². The fraction of sp³-hybridized carbons (Fsp3) is 0.200. The third-order valence-corrected chi connectivity index (χ3v) is 4.10. The standard InChI is InChI=1S/C20H17NO6/c1-24-16-9-12(10-17-19(16)26-7-6-25-17)8-13(11-18(22)23)20-21-14-4-2-3-5-15(14)27-20/h2-5,8-10H,6-7,11H2,1H3,(H,22,23)/b13-8+. The summed E-state index contributed by atoms with van der Waals surface area (Å²) in [7, 11) is 1.54. The molecular formula is C20H17NO6. The van der Waals surface area contributed by atoms with E-state index >= 15 is 0 Å². The monoisotopic (exact) mass is 367 g/mol. The molecule has 7 heteroatoms. The SMILES string of the molecule is COc1cc(/C=C(\CC(=O)O)c2nc3ccccc3o2)cc2c1OCCO2. The number of carbonyl (C=O) groups is 1. The van der Waals surface area contributed by atoms with Crippen molar-refractivity contribution in [3.63, 3.8) is 0 Å². The van der Waals surface area contributed by atoms with E-state index in [-0.39, 0.29) is 12.3 Å². The lowest BCUT2D eigenvalue weighted by Crippen LogP contribution is -2.16. The average Bonchev–Trinajstić information content (AvgIpc) is 3.10. The zero-order valence-electron chi connectivity index (χ0n) is 14.6. The van der Waals surface area contributed by atoms with Gasteiger partial charge in [0, 0.05) is 5.57 Å². The predicted octanol–water partition coefficient (Wildman–Crippen LogP) is 3.62. The Labute approximate surface area is 154 Å². The second-order valence-corrected chi connectivity index (χ2v) is 5.97. The van der Waals surface area contributed by atoms with Gasteiger partial charge < -0.3 is 23.7 Å². The molecule has 7 nitrogen and oxygen atoms in total. The number of carboxylic acids is 1. The van der Waals surface area contributed by atoms with E-state index in [1.54, 1.807) is 31.4 Å². The zero-order valence-corrected chi connectivity index (χ0v) is 14.6. The third-order valence-electron chi connectivity index (χ3n) is 4.10. The van der Waals surface area contributed by atoms with E-state index in [9.17, 15) is 9.90 Å². The molecule has 0 atom stereocenters. The number of aromatic nitrogens is 1. The van der Waals surface area contributed by atoms with Crippen molar-refractivity contribution in [3.8, 4) is 17.2 Å². The number of aliphatic carboxylic acids is 1. The Morgan fingerprint density at radius 3 is 2.85 bits per heavy atom. The van der Waals surface area contributed by atoms with Crippen LogP contribution in [0.2, 0.25) is 0 Å². The van der Waals surface area contributed by atoms with Crippen LogP contribution in [-0.4, -0.2) is 36.4 Å². The van der Waals surface area contributed by atoms with E-state index in [1.165, 1.54) is 0 Å². The van der Waals surface area contributed by atoms with Crippen molar-refractivity contribution >= 4 is 28.7 Å². The molecule has 1 aliphatic heterocycles. The molecule has 0 radical (unpaired) electrons. The normalized spacial score (nSPS) is 13.6. The second-order valence-electron chi connectivity index (χ2n) is 5.97. The number of hydrogen-bond acceptors (Lipinski definition) is 6. The summed E-state index contributed by atoms with van der Waals surface area (Å²) in [5.74, 6) is 0.910. The van der Waals surface area contributed by atoms with Gasteiger partial charge in [-0.3, -0.25) is 4.79 Å². The molecule has 0 bridgehead atoms. The van der Waals surface area contributed by atoms with Crippen LogP contribution in [0.3, 0.4) is 0 Å². The van der Waals surface area contributed by atoms with E-state index in [0.29, 0.717) is 52.7 Å². The minimum absolute atomic E-state index is 0.233. The van der Waals surface area contributed by atoms with Crippen molar-refractivity contribution in [1.82, 2.24) is 4.98 Å². The highest BCUT2D eigenvalue weighted by atomic mass is 16.6. The number of hydrogen-bond donors (Lipinski definition) is 1. The summed E-state index contributed by atoms with van der Waals surface area (Å²) in [6.07, 6.45) is 1.48. The van der Waals surface area contributed by atoms with Crippen molar-refractivity contribution in [2.24, 2.45) is 0 Å². The Hall–Kier alpha value is -3.48. The number of carboxylic acid groups (broad SMARTS) is 1. The van der Waals surface area contributed by atoms with Gasteiger partial charge in [0.25, 0.3) is 0 Å². The maximum Gasteiger partial charge on any atom is 0.308 e. The predicted molar refractivity (Wildman–Crippen MR) is 98.1 cm³/mol. The molecular weight excluding hydrogens is 350 g/mol. The van der Waals surface area contributed by atoms with Gasteiger partial charge in [0.15, 0.2) is 17.1 Å². The van der Waals surface area contributed by atoms with E-state index in [0.717, 1.165) is 0 Å². The molecule has 3 aromatic rings. The Bertz CT molecular complexity index is 986. The molecule has 2 aromatic carbocycles. The first-order valence-electron chi connectivity index (χ1n) is 8.40. The molecule has 0 saturated heterocycles. The highest BCUT2D eigenvalue weighted by Crippen LogP contribution is 2.41. The van der Waals surface area contributed by atoms with Crippen molar-refractivity contribution in [1.29, 1.82) is 0 Å². The van der Waals surface area contributed by atoms with Gasteiger partial charge in [0.1, 0.15) is 18.7 Å². The first-order chi connectivity index (χ1) is 13.1. The average molecular weight is 367 g/mol. The van der Waals surface area contributed by atoms with Crippen LogP contribution in [-0.2, 0) is 4.79 Å². The van der Waals surface area contributed by atoms with E-state index < -0.39 is 5.97 Å². The number of para-hydroxylation sites is 2. The van der Waals surface area contributed by atoms with Crippen molar-refractivity contribution in [3.05, 3.63) is 47.9 Å². The lowest BCUT2D eigenvalue weighted by molar-refractivity contribution is -0.135. The van der Waals surface area contributed by atoms with Gasteiger partial charge in [0.05, 0.1) is 13.5 Å². The molecule has 1 aromatic heterocycles. The smallest absolute Gasteiger partial charge is 0.308 e. The highest BCUT2D eigenvalue weighted by molar-refractivity contribution is 5.91. The van der Waals surface area contributed by atoms with Gasteiger partial charge in [-0.25, -0.2) is 4.98 Å². The van der Waals surface area contributed by atoms with E-state index in [4.69, 9.17) is 18.6 Å². The molecule has 27 heavy (non-hydrogen) atoms. The number of benzene rings is 2. The van der Waals surface area contributed by atoms with Gasteiger partial charge in [-0.2, -0.15) is 0 Å². The van der Waals surface area contributed by atoms with Crippen LogP contribution < -0.4 is 14.2 Å². The summed E-state index contributed by atoms with van der Waals surface area (Å²) in [6.45, 7) is 0.891. The van der Waals surface area contributed by atoms with Crippen LogP contribution in [0.5, 0.6) is 17.2 Å². The number of rotatable bonds is 5. The van der Waals surface area contributed by atoms with Crippen molar-refractivity contribution in [2.75, 3.05) is 20.3 Å². The fourth-order valence-corrected chi connectivity index (χ4v) is 2.94. The van der Waals surface area contributed by atoms with Crippen LogP contribution >= 0.6 is 0 Å². The largest absolute Gasteiger partial charge is 0.493 e. The Morgan fingerprint density at radius 2 is 2.07 bits per heavy atom. The first-order valence-corrected chi connectivity index (χ1v) is 8.40. The summed E-state index contributed by atoms with van der Waals surface area (Å²) < 4.78 is 22.4. The van der Waals surface area contributed by atoms with Gasteiger partial charge in [-0.15, -0.1) is 0 Å². The molecule has 4 rings (SSSR count). The maximum absolute atomic E-state index is 11.4. The molecule has 0 fully saturated rings. The van der Waals surface area contributed by atoms with E-state index in [2.05, 4.69) is 4.98 Å².